The number of ether oxygens (including phenoxy) is 4. The Morgan fingerprint density at radius 1 is 0.844 bits per heavy atom. The summed E-state index contributed by atoms with van der Waals surface area (Å²) in [5.41, 5.74) is 2.78. The van der Waals surface area contributed by atoms with Gasteiger partial charge in [-0.05, 0) is 36.4 Å². The first-order chi connectivity index (χ1) is 15.6. The van der Waals surface area contributed by atoms with E-state index < -0.39 is 5.91 Å². The Morgan fingerprint density at radius 3 is 2.31 bits per heavy atom. The van der Waals surface area contributed by atoms with Gasteiger partial charge in [-0.25, -0.2) is 9.50 Å². The van der Waals surface area contributed by atoms with Gasteiger partial charge in [-0.2, -0.15) is 5.10 Å². The van der Waals surface area contributed by atoms with Crippen molar-refractivity contribution >= 4 is 17.2 Å². The van der Waals surface area contributed by atoms with Crippen LogP contribution < -0.4 is 24.3 Å². The number of methoxy groups -OCH3 is 4. The third-order valence-electron chi connectivity index (χ3n) is 4.92. The lowest BCUT2D eigenvalue weighted by Crippen LogP contribution is -2.13. The zero-order valence-electron chi connectivity index (χ0n) is 18.1. The van der Waals surface area contributed by atoms with Crippen LogP contribution in [0, 0.1) is 0 Å². The van der Waals surface area contributed by atoms with Crippen LogP contribution in [0.4, 0.5) is 5.69 Å². The molecule has 0 bridgehead atoms. The van der Waals surface area contributed by atoms with E-state index >= 15 is 0 Å². The molecule has 0 aliphatic rings. The molecule has 2 aromatic heterocycles. The number of nitrogens with one attached hydrogen (secondary N) is 1. The van der Waals surface area contributed by atoms with Gasteiger partial charge in [0, 0.05) is 23.9 Å². The highest BCUT2D eigenvalue weighted by atomic mass is 16.5. The summed E-state index contributed by atoms with van der Waals surface area (Å²) in [6, 6.07) is 14.1. The molecule has 2 aromatic carbocycles. The monoisotopic (exact) mass is 434 g/mol. The van der Waals surface area contributed by atoms with Gasteiger partial charge in [-0.1, -0.05) is 0 Å². The predicted molar refractivity (Wildman–Crippen MR) is 119 cm³/mol. The number of amides is 1. The summed E-state index contributed by atoms with van der Waals surface area (Å²) in [6.45, 7) is 0. The summed E-state index contributed by atoms with van der Waals surface area (Å²) in [5, 5.41) is 7.30. The van der Waals surface area contributed by atoms with E-state index in [0.717, 1.165) is 11.3 Å². The van der Waals surface area contributed by atoms with Gasteiger partial charge >= 0.3 is 0 Å². The summed E-state index contributed by atoms with van der Waals surface area (Å²) in [5.74, 6) is 1.90. The number of carbonyl (C=O) groups excluding carboxylic acids is 1. The molecule has 0 radical (unpaired) electrons. The van der Waals surface area contributed by atoms with Crippen molar-refractivity contribution in [2.45, 2.75) is 0 Å². The maximum Gasteiger partial charge on any atom is 0.276 e. The van der Waals surface area contributed by atoms with E-state index in [2.05, 4.69) is 15.4 Å². The fourth-order valence-electron chi connectivity index (χ4n) is 3.32. The summed E-state index contributed by atoms with van der Waals surface area (Å²) >= 11 is 0. The lowest BCUT2D eigenvalue weighted by Gasteiger charge is -2.11. The van der Waals surface area contributed by atoms with E-state index in [1.54, 1.807) is 56.3 Å². The number of rotatable bonds is 7. The van der Waals surface area contributed by atoms with Crippen molar-refractivity contribution in [3.8, 4) is 34.3 Å². The molecule has 1 amide bonds. The highest BCUT2D eigenvalue weighted by molar-refractivity contribution is 6.04. The highest BCUT2D eigenvalue weighted by Gasteiger charge is 2.17. The molecule has 0 aliphatic heterocycles. The van der Waals surface area contributed by atoms with E-state index in [1.807, 2.05) is 24.3 Å². The molecule has 0 fully saturated rings. The van der Waals surface area contributed by atoms with Crippen molar-refractivity contribution < 1.29 is 23.7 Å². The minimum atomic E-state index is -0.402. The van der Waals surface area contributed by atoms with Crippen molar-refractivity contribution in [1.29, 1.82) is 0 Å². The molecule has 2 heterocycles. The highest BCUT2D eigenvalue weighted by Crippen LogP contribution is 2.32. The predicted octanol–water partition coefficient (Wildman–Crippen LogP) is 3.68. The van der Waals surface area contributed by atoms with Gasteiger partial charge in [0.2, 0.25) is 0 Å². The Hall–Kier alpha value is -4.27. The smallest absolute Gasteiger partial charge is 0.276 e. The lowest BCUT2D eigenvalue weighted by atomic mass is 10.1. The number of hydrogen-bond acceptors (Lipinski definition) is 7. The van der Waals surface area contributed by atoms with Crippen LogP contribution in [0.15, 0.2) is 54.7 Å². The van der Waals surface area contributed by atoms with Crippen molar-refractivity contribution in [1.82, 2.24) is 14.6 Å². The average molecular weight is 434 g/mol. The van der Waals surface area contributed by atoms with Gasteiger partial charge in [0.05, 0.1) is 39.8 Å². The van der Waals surface area contributed by atoms with Crippen LogP contribution >= 0.6 is 0 Å². The molecule has 9 heteroatoms. The van der Waals surface area contributed by atoms with Gasteiger partial charge in [0.15, 0.2) is 22.8 Å². The second-order valence-corrected chi connectivity index (χ2v) is 6.72. The molecule has 32 heavy (non-hydrogen) atoms. The van der Waals surface area contributed by atoms with Gasteiger partial charge in [-0.3, -0.25) is 4.79 Å². The number of benzene rings is 2. The Morgan fingerprint density at radius 2 is 1.59 bits per heavy atom. The second-order valence-electron chi connectivity index (χ2n) is 6.72. The maximum atomic E-state index is 12.9. The number of carbonyl (C=O) groups is 1. The number of aromatic nitrogens is 3. The summed E-state index contributed by atoms with van der Waals surface area (Å²) in [7, 11) is 6.24. The van der Waals surface area contributed by atoms with E-state index in [0.29, 0.717) is 34.3 Å². The lowest BCUT2D eigenvalue weighted by molar-refractivity contribution is 0.102. The summed E-state index contributed by atoms with van der Waals surface area (Å²) < 4.78 is 22.9. The van der Waals surface area contributed by atoms with Crippen LogP contribution in [0.1, 0.15) is 10.5 Å². The van der Waals surface area contributed by atoms with Crippen LogP contribution in [-0.4, -0.2) is 48.9 Å². The van der Waals surface area contributed by atoms with Gasteiger partial charge in [0.25, 0.3) is 5.91 Å². The molecule has 1 N–H and O–H groups in total. The SMILES string of the molecule is COc1ccc(OC)c(NC(=O)c2cc3nccc(-c4ccc(OC)c(OC)c4)n3n2)c1. The van der Waals surface area contributed by atoms with Crippen molar-refractivity contribution in [2.75, 3.05) is 33.8 Å². The van der Waals surface area contributed by atoms with E-state index in [4.69, 9.17) is 18.9 Å². The average Bonchev–Trinajstić information content (AvgIpc) is 3.28. The minimum Gasteiger partial charge on any atom is -0.497 e. The molecular formula is C23H22N4O5. The Bertz CT molecular complexity index is 1280. The molecule has 9 nitrogen and oxygen atoms in total. The zero-order chi connectivity index (χ0) is 22.7. The van der Waals surface area contributed by atoms with Crippen LogP contribution in [-0.2, 0) is 0 Å². The molecule has 0 saturated heterocycles. The number of anilines is 1. The third kappa shape index (κ3) is 3.87. The Kier molecular flexibility index (Phi) is 5.80. The fourth-order valence-corrected chi connectivity index (χ4v) is 3.32. The topological polar surface area (TPSA) is 96.2 Å². The van der Waals surface area contributed by atoms with Gasteiger partial charge in [-0.15, -0.1) is 0 Å². The maximum absolute atomic E-state index is 12.9. The largest absolute Gasteiger partial charge is 0.497 e. The van der Waals surface area contributed by atoms with Crippen molar-refractivity contribution in [2.24, 2.45) is 0 Å². The van der Waals surface area contributed by atoms with E-state index in [-0.39, 0.29) is 5.69 Å². The molecule has 0 unspecified atom stereocenters. The zero-order valence-corrected chi connectivity index (χ0v) is 18.1. The molecule has 4 aromatic rings. The van der Waals surface area contributed by atoms with Crippen molar-refractivity contribution in [3.05, 3.63) is 60.4 Å². The van der Waals surface area contributed by atoms with Gasteiger partial charge in [0.1, 0.15) is 11.5 Å². The molecule has 164 valence electrons. The Labute approximate surface area is 184 Å². The molecule has 0 saturated carbocycles. The number of fused-ring (bicyclic) bond motifs is 1. The first-order valence-corrected chi connectivity index (χ1v) is 9.68. The normalized spacial score (nSPS) is 10.6. The molecule has 4 rings (SSSR count). The molecule has 0 aliphatic carbocycles. The van der Waals surface area contributed by atoms with Gasteiger partial charge < -0.3 is 24.3 Å². The van der Waals surface area contributed by atoms with Crippen LogP contribution in [0.25, 0.3) is 16.9 Å². The molecular weight excluding hydrogens is 412 g/mol. The first-order valence-electron chi connectivity index (χ1n) is 9.68. The third-order valence-corrected chi connectivity index (χ3v) is 4.92. The second kappa shape index (κ2) is 8.84. The first kappa shape index (κ1) is 21.0. The van der Waals surface area contributed by atoms with E-state index in [9.17, 15) is 4.79 Å². The molecule has 0 atom stereocenters. The fraction of sp³-hybridized carbons (Fsp3) is 0.174. The van der Waals surface area contributed by atoms with Crippen LogP contribution in [0.5, 0.6) is 23.0 Å². The van der Waals surface area contributed by atoms with Crippen LogP contribution in [0.3, 0.4) is 0 Å². The molecule has 0 spiro atoms. The standard InChI is InChI=1S/C23H22N4O5/c1-29-15-6-8-19(30-2)16(12-15)25-23(28)17-13-22-24-10-9-18(27(22)26-17)14-5-7-20(31-3)21(11-14)32-4/h5-13H,1-4H3,(H,25,28). The Balaban J connectivity index is 1.70. The van der Waals surface area contributed by atoms with Crippen molar-refractivity contribution in [3.63, 3.8) is 0 Å². The minimum absolute atomic E-state index is 0.204. The number of hydrogen-bond donors (Lipinski definition) is 1. The summed E-state index contributed by atoms with van der Waals surface area (Å²) in [4.78, 5) is 17.3. The quantitative estimate of drug-likeness (QED) is 0.474. The van der Waals surface area contributed by atoms with E-state index in [1.165, 1.54) is 7.11 Å². The number of nitrogens with zero attached hydrogens (tertiary/aromatic N) is 3. The summed E-state index contributed by atoms with van der Waals surface area (Å²) in [6.07, 6.45) is 1.66. The van der Waals surface area contributed by atoms with Crippen LogP contribution in [0.2, 0.25) is 0 Å².